The summed E-state index contributed by atoms with van der Waals surface area (Å²) in [6.07, 6.45) is -4.82. The Morgan fingerprint density at radius 2 is 1.66 bits per heavy atom. The van der Waals surface area contributed by atoms with Gasteiger partial charge in [-0.2, -0.15) is 45.6 Å². The van der Waals surface area contributed by atoms with E-state index in [9.17, 15) is 26.7 Å². The number of esters is 1. The maximum atomic E-state index is 12.7. The Hall–Kier alpha value is -0.545. The molecule has 0 heterocycles. The van der Waals surface area contributed by atoms with E-state index in [4.69, 9.17) is 4.74 Å². The number of rotatable bonds is 8. The molecule has 2 rings (SSSR count). The Balaban J connectivity index is 0.00000420. The van der Waals surface area contributed by atoms with Crippen LogP contribution in [0.3, 0.4) is 0 Å². The van der Waals surface area contributed by atoms with Crippen LogP contribution < -0.4 is 58.2 Å². The number of ether oxygens (including phenoxy) is 2. The van der Waals surface area contributed by atoms with Crippen LogP contribution in [0.25, 0.3) is 10.8 Å². The molecule has 29 heavy (non-hydrogen) atoms. The fourth-order valence-corrected chi connectivity index (χ4v) is 2.40. The van der Waals surface area contributed by atoms with E-state index in [1.165, 1.54) is 5.92 Å². The third-order valence-electron chi connectivity index (χ3n) is 4.25. The van der Waals surface area contributed by atoms with E-state index >= 15 is 0 Å². The monoisotopic (exact) mass is 488 g/mol. The average Bonchev–Trinajstić information content (AvgIpc) is 2.64. The molecule has 0 saturated heterocycles. The van der Waals surface area contributed by atoms with Crippen molar-refractivity contribution in [2.75, 3.05) is 13.2 Å². The second-order valence-corrected chi connectivity index (χ2v) is 6.39. The first kappa shape index (κ1) is 26.5. The van der Waals surface area contributed by atoms with Crippen LogP contribution in [0, 0.1) is 5.92 Å². The number of carbonyl (C=O) groups excluding carboxylic acids is 1. The molecule has 0 aliphatic rings. The topological polar surface area (TPSA) is 35.5 Å². The minimum Gasteiger partial charge on any atom is -0.457 e. The van der Waals surface area contributed by atoms with Crippen molar-refractivity contribution in [3.63, 3.8) is 0 Å². The van der Waals surface area contributed by atoms with Crippen LogP contribution in [0.2, 0.25) is 0 Å². The summed E-state index contributed by atoms with van der Waals surface area (Å²) in [6, 6.07) is 11.6. The molecule has 0 fully saturated rings. The first-order valence-electron chi connectivity index (χ1n) is 8.57. The molecule has 0 aliphatic heterocycles. The summed E-state index contributed by atoms with van der Waals surface area (Å²) in [5.41, 5.74) is 1.88. The van der Waals surface area contributed by atoms with Gasteiger partial charge in [0.05, 0.1) is 6.61 Å². The van der Waals surface area contributed by atoms with E-state index in [1.807, 2.05) is 24.3 Å². The molecule has 0 N–H and O–H groups in total. The van der Waals surface area contributed by atoms with Crippen molar-refractivity contribution in [1.29, 1.82) is 0 Å². The molecule has 3 nitrogen and oxygen atoms in total. The third-order valence-corrected chi connectivity index (χ3v) is 4.25. The Labute approximate surface area is 214 Å². The molecule has 9 heteroatoms. The first-order valence-corrected chi connectivity index (χ1v) is 8.57. The van der Waals surface area contributed by atoms with Gasteiger partial charge >= 0.3 is 76.3 Å². The molecule has 2 aromatic rings. The predicted molar refractivity (Wildman–Crippen MR) is 93.9 cm³/mol. The molecule has 0 aliphatic carbocycles. The third kappa shape index (κ3) is 7.58. The molecule has 0 spiro atoms. The van der Waals surface area contributed by atoms with E-state index < -0.39 is 31.3 Å². The van der Waals surface area contributed by atoms with E-state index in [2.05, 4.69) is 24.7 Å². The molecule has 154 valence electrons. The molecular weight excluding hydrogens is 469 g/mol. The van der Waals surface area contributed by atoms with Crippen LogP contribution in [0.15, 0.2) is 36.4 Å². The summed E-state index contributed by atoms with van der Waals surface area (Å²) in [5, 5.41) is 1.99. The van der Waals surface area contributed by atoms with Crippen LogP contribution in [-0.4, -0.2) is 31.3 Å². The number of alkyl halides is 5. The quantitative estimate of drug-likeness (QED) is 0.325. The van der Waals surface area contributed by atoms with Gasteiger partial charge in [0.1, 0.15) is 6.61 Å². The van der Waals surface area contributed by atoms with Gasteiger partial charge in [-0.05, 0) is 10.9 Å². The summed E-state index contributed by atoms with van der Waals surface area (Å²) >= 11 is 0. The van der Waals surface area contributed by atoms with Gasteiger partial charge in [-0.15, -0.1) is 6.07 Å². The second-order valence-electron chi connectivity index (χ2n) is 6.39. The summed E-state index contributed by atoms with van der Waals surface area (Å²) < 4.78 is 70.4. The van der Waals surface area contributed by atoms with Gasteiger partial charge in [0.25, 0.3) is 0 Å². The van der Waals surface area contributed by atoms with Crippen molar-refractivity contribution in [2.24, 2.45) is 0 Å². The second kappa shape index (κ2) is 11.2. The summed E-state index contributed by atoms with van der Waals surface area (Å²) in [7, 11) is 0. The SMILES string of the molecule is CC[C-](C)c1ccc2cc(COCC(=O)OCC(F)(F)C(F)(F)F)ccc2c1.[Rb+]. The van der Waals surface area contributed by atoms with E-state index in [1.54, 1.807) is 6.07 Å². The molecule has 0 amide bonds. The van der Waals surface area contributed by atoms with Gasteiger partial charge in [0.2, 0.25) is 0 Å². The largest absolute Gasteiger partial charge is 1.00 e. The minimum atomic E-state index is -5.77. The maximum absolute atomic E-state index is 12.7. The van der Waals surface area contributed by atoms with Crippen LogP contribution in [0.4, 0.5) is 22.0 Å². The van der Waals surface area contributed by atoms with E-state index in [0.717, 1.165) is 28.3 Å². The molecule has 0 atom stereocenters. The number of fused-ring (bicyclic) bond motifs is 1. The standard InChI is InChI=1S/C20H20F5O3.Rb/c1-3-13(2)15-6-7-16-8-14(4-5-17(16)9-15)10-27-11-18(26)28-12-19(21,22)20(23,24)25;/h4-9H,3,10-12H2,1-2H3;/q-1;+1. The predicted octanol–water partition coefficient (Wildman–Crippen LogP) is 2.45. The number of hydrogen-bond acceptors (Lipinski definition) is 3. The maximum Gasteiger partial charge on any atom is 1.00 e. The van der Waals surface area contributed by atoms with Crippen molar-refractivity contribution in [3.05, 3.63) is 53.4 Å². The van der Waals surface area contributed by atoms with E-state index in [-0.39, 0.29) is 64.8 Å². The Morgan fingerprint density at radius 1 is 1.03 bits per heavy atom. The normalized spacial score (nSPS) is 11.8. The van der Waals surface area contributed by atoms with Crippen molar-refractivity contribution < 1.29 is 94.4 Å². The zero-order valence-corrected chi connectivity index (χ0v) is 21.3. The molecule has 0 radical (unpaired) electrons. The van der Waals surface area contributed by atoms with Crippen LogP contribution in [0.1, 0.15) is 31.4 Å². The fraction of sp³-hybridized carbons (Fsp3) is 0.400. The molecule has 0 saturated carbocycles. The molecule has 0 aromatic heterocycles. The van der Waals surface area contributed by atoms with Gasteiger partial charge < -0.3 is 9.47 Å². The van der Waals surface area contributed by atoms with Gasteiger partial charge in [-0.25, -0.2) is 4.79 Å². The Morgan fingerprint density at radius 3 is 2.28 bits per heavy atom. The number of hydrogen-bond donors (Lipinski definition) is 0. The molecule has 0 unspecified atom stereocenters. The molecular formula is C20H20F5O3Rb. The van der Waals surface area contributed by atoms with Crippen LogP contribution in [0.5, 0.6) is 0 Å². The fourth-order valence-electron chi connectivity index (χ4n) is 2.40. The van der Waals surface area contributed by atoms with Crippen molar-refractivity contribution in [2.45, 2.75) is 39.0 Å². The summed E-state index contributed by atoms with van der Waals surface area (Å²) in [5.74, 6) is -5.11. The zero-order chi connectivity index (χ0) is 20.9. The van der Waals surface area contributed by atoms with E-state index in [0.29, 0.717) is 0 Å². The van der Waals surface area contributed by atoms with Crippen molar-refractivity contribution in [1.82, 2.24) is 0 Å². The van der Waals surface area contributed by atoms with Gasteiger partial charge in [-0.1, -0.05) is 43.9 Å². The number of benzene rings is 2. The smallest absolute Gasteiger partial charge is 0.457 e. The average molecular weight is 489 g/mol. The molecule has 2 aromatic carbocycles. The number of carbonyl (C=O) groups is 1. The van der Waals surface area contributed by atoms with Crippen LogP contribution in [-0.2, 0) is 20.9 Å². The van der Waals surface area contributed by atoms with Crippen molar-refractivity contribution >= 4 is 16.7 Å². The van der Waals surface area contributed by atoms with Gasteiger partial charge in [0, 0.05) is 0 Å². The minimum absolute atomic E-state index is 0. The van der Waals surface area contributed by atoms with Gasteiger partial charge in [-0.3, -0.25) is 0 Å². The first-order chi connectivity index (χ1) is 13.0. The summed E-state index contributed by atoms with van der Waals surface area (Å²) in [6.45, 7) is 1.34. The van der Waals surface area contributed by atoms with Crippen molar-refractivity contribution in [3.8, 4) is 0 Å². The molecule has 0 bridgehead atoms. The Kier molecular flexibility index (Phi) is 10.2. The van der Waals surface area contributed by atoms with Gasteiger partial charge in [0.15, 0.2) is 6.61 Å². The Bertz CT molecular complexity index is 823. The summed E-state index contributed by atoms with van der Waals surface area (Å²) in [4.78, 5) is 11.3. The zero-order valence-electron chi connectivity index (χ0n) is 16.4. The van der Waals surface area contributed by atoms with Crippen LogP contribution >= 0.6 is 0 Å². The number of halogens is 5.